The van der Waals surface area contributed by atoms with Crippen LogP contribution < -0.4 is 4.74 Å². The molecule has 1 saturated carbocycles. The van der Waals surface area contributed by atoms with Crippen LogP contribution in [-0.4, -0.2) is 18.4 Å². The van der Waals surface area contributed by atoms with Crippen molar-refractivity contribution in [3.63, 3.8) is 0 Å². The van der Waals surface area contributed by atoms with Crippen LogP contribution in [0.25, 0.3) is 10.9 Å². The summed E-state index contributed by atoms with van der Waals surface area (Å²) in [6.45, 7) is 0. The fourth-order valence-electron chi connectivity index (χ4n) is 3.04. The summed E-state index contributed by atoms with van der Waals surface area (Å²) < 4.78 is 5.25. The molecule has 1 fully saturated rings. The van der Waals surface area contributed by atoms with E-state index in [0.717, 1.165) is 43.2 Å². The number of nitrogens with one attached hydrogen (secondary N) is 1. The highest BCUT2D eigenvalue weighted by molar-refractivity contribution is 5.82. The molecule has 0 amide bonds. The molecule has 0 aliphatic heterocycles. The number of H-pyrrole nitrogens is 1. The predicted molar refractivity (Wildman–Crippen MR) is 75.6 cm³/mol. The van der Waals surface area contributed by atoms with Gasteiger partial charge in [0.05, 0.1) is 7.11 Å². The van der Waals surface area contributed by atoms with Gasteiger partial charge in [-0.15, -0.1) is 0 Å². The number of ether oxygens (including phenoxy) is 1. The van der Waals surface area contributed by atoms with Gasteiger partial charge in [-0.05, 0) is 55.2 Å². The minimum Gasteiger partial charge on any atom is -0.497 e. The highest BCUT2D eigenvalue weighted by Gasteiger charge is 2.23. The molecule has 19 heavy (non-hydrogen) atoms. The van der Waals surface area contributed by atoms with Crippen LogP contribution in [0.1, 0.15) is 37.3 Å². The molecular weight excluding hydrogens is 238 g/mol. The van der Waals surface area contributed by atoms with Crippen LogP contribution in [0.5, 0.6) is 5.75 Å². The van der Waals surface area contributed by atoms with E-state index in [4.69, 9.17) is 4.74 Å². The second-order valence-electron chi connectivity index (χ2n) is 5.43. The van der Waals surface area contributed by atoms with E-state index in [2.05, 4.69) is 17.1 Å². The van der Waals surface area contributed by atoms with Gasteiger partial charge in [-0.2, -0.15) is 0 Å². The Hall–Kier alpha value is -1.77. The van der Waals surface area contributed by atoms with E-state index in [0.29, 0.717) is 5.92 Å². The van der Waals surface area contributed by atoms with Gasteiger partial charge in [0.15, 0.2) is 0 Å². The smallest absolute Gasteiger partial charge is 0.123 e. The van der Waals surface area contributed by atoms with E-state index in [1.54, 1.807) is 7.11 Å². The van der Waals surface area contributed by atoms with Crippen molar-refractivity contribution in [1.29, 1.82) is 0 Å². The average Bonchev–Trinajstić information content (AvgIpc) is 2.90. The number of aromatic amines is 1. The van der Waals surface area contributed by atoms with E-state index >= 15 is 0 Å². The molecule has 0 atom stereocenters. The summed E-state index contributed by atoms with van der Waals surface area (Å²) in [5, 5.41) is 1.23. The van der Waals surface area contributed by atoms with Crippen molar-refractivity contribution in [2.45, 2.75) is 31.6 Å². The molecule has 0 spiro atoms. The number of fused-ring (bicyclic) bond motifs is 1. The van der Waals surface area contributed by atoms with Crippen molar-refractivity contribution in [3.8, 4) is 5.75 Å². The maximum Gasteiger partial charge on any atom is 0.123 e. The van der Waals surface area contributed by atoms with Crippen LogP contribution >= 0.6 is 0 Å². The molecule has 3 nitrogen and oxygen atoms in total. The molecule has 0 unspecified atom stereocenters. The Morgan fingerprint density at radius 1 is 1.21 bits per heavy atom. The van der Waals surface area contributed by atoms with Gasteiger partial charge >= 0.3 is 0 Å². The summed E-state index contributed by atoms with van der Waals surface area (Å²) in [5.41, 5.74) is 2.43. The second kappa shape index (κ2) is 5.08. The number of rotatable bonds is 3. The Morgan fingerprint density at radius 3 is 2.68 bits per heavy atom. The Bertz CT molecular complexity index is 579. The molecule has 3 rings (SSSR count). The van der Waals surface area contributed by atoms with Gasteiger partial charge in [-0.3, -0.25) is 0 Å². The fraction of sp³-hybridized carbons (Fsp3) is 0.438. The van der Waals surface area contributed by atoms with Crippen LogP contribution in [0.2, 0.25) is 0 Å². The van der Waals surface area contributed by atoms with Gasteiger partial charge in [0, 0.05) is 23.2 Å². The largest absolute Gasteiger partial charge is 0.497 e. The van der Waals surface area contributed by atoms with Gasteiger partial charge < -0.3 is 14.5 Å². The average molecular weight is 257 g/mol. The van der Waals surface area contributed by atoms with Gasteiger partial charge in [-0.1, -0.05) is 0 Å². The molecule has 0 radical (unpaired) electrons. The third-order valence-corrected chi connectivity index (χ3v) is 4.25. The van der Waals surface area contributed by atoms with E-state index < -0.39 is 0 Å². The van der Waals surface area contributed by atoms with Crippen LogP contribution in [0.4, 0.5) is 0 Å². The van der Waals surface area contributed by atoms with Gasteiger partial charge in [0.2, 0.25) is 0 Å². The molecule has 1 aliphatic rings. The number of carbonyl (C=O) groups is 1. The first-order valence-electron chi connectivity index (χ1n) is 6.92. The van der Waals surface area contributed by atoms with Gasteiger partial charge in [-0.25, -0.2) is 0 Å². The highest BCUT2D eigenvalue weighted by atomic mass is 16.5. The van der Waals surface area contributed by atoms with Crippen molar-refractivity contribution in [2.24, 2.45) is 5.92 Å². The summed E-state index contributed by atoms with van der Waals surface area (Å²) in [7, 11) is 1.69. The first-order chi connectivity index (χ1) is 9.30. The molecule has 1 N–H and O–H groups in total. The standard InChI is InChI=1S/C16H19NO2/c1-19-14-7-6-13-8-15(17-16(13)9-14)12-4-2-11(10-18)3-5-12/h6-12,17H,2-5H2,1H3. The predicted octanol–water partition coefficient (Wildman–Crippen LogP) is 3.65. The molecular formula is C16H19NO2. The highest BCUT2D eigenvalue weighted by Crippen LogP contribution is 2.36. The maximum absolute atomic E-state index is 10.8. The summed E-state index contributed by atoms with van der Waals surface area (Å²) in [4.78, 5) is 14.3. The fourth-order valence-corrected chi connectivity index (χ4v) is 3.04. The number of aldehydes is 1. The number of carbonyl (C=O) groups excluding carboxylic acids is 1. The first kappa shape index (κ1) is 12.3. The van der Waals surface area contributed by atoms with Crippen molar-refractivity contribution in [1.82, 2.24) is 4.98 Å². The minimum atomic E-state index is 0.278. The van der Waals surface area contributed by atoms with Crippen molar-refractivity contribution in [3.05, 3.63) is 30.0 Å². The Kier molecular flexibility index (Phi) is 3.28. The quantitative estimate of drug-likeness (QED) is 0.853. The van der Waals surface area contributed by atoms with Gasteiger partial charge in [0.25, 0.3) is 0 Å². The van der Waals surface area contributed by atoms with Crippen molar-refractivity contribution in [2.75, 3.05) is 7.11 Å². The molecule has 1 aliphatic carbocycles. The van der Waals surface area contributed by atoms with Crippen LogP contribution in [0, 0.1) is 5.92 Å². The summed E-state index contributed by atoms with van der Waals surface area (Å²) in [6, 6.07) is 8.35. The monoisotopic (exact) mass is 257 g/mol. The zero-order valence-corrected chi connectivity index (χ0v) is 11.2. The van der Waals surface area contributed by atoms with E-state index in [1.807, 2.05) is 12.1 Å². The molecule has 0 saturated heterocycles. The summed E-state index contributed by atoms with van der Waals surface area (Å²) >= 11 is 0. The normalized spacial score (nSPS) is 23.4. The minimum absolute atomic E-state index is 0.278. The number of methoxy groups -OCH3 is 1. The molecule has 3 heteroatoms. The lowest BCUT2D eigenvalue weighted by molar-refractivity contribution is -0.111. The van der Waals surface area contributed by atoms with E-state index in [-0.39, 0.29) is 5.92 Å². The van der Waals surface area contributed by atoms with Gasteiger partial charge in [0.1, 0.15) is 12.0 Å². The Labute approximate surface area is 113 Å². The molecule has 100 valence electrons. The van der Waals surface area contributed by atoms with Crippen LogP contribution in [0.15, 0.2) is 24.3 Å². The van der Waals surface area contributed by atoms with E-state index in [9.17, 15) is 4.79 Å². The number of aromatic nitrogens is 1. The van der Waals surface area contributed by atoms with Crippen LogP contribution in [0.3, 0.4) is 0 Å². The van der Waals surface area contributed by atoms with Crippen LogP contribution in [-0.2, 0) is 4.79 Å². The molecule has 2 aromatic rings. The maximum atomic E-state index is 10.8. The Morgan fingerprint density at radius 2 is 2.00 bits per heavy atom. The summed E-state index contributed by atoms with van der Waals surface area (Å²) in [6.07, 6.45) is 5.37. The Balaban J connectivity index is 1.83. The molecule has 1 heterocycles. The lowest BCUT2D eigenvalue weighted by Crippen LogP contribution is -2.14. The van der Waals surface area contributed by atoms with Crippen molar-refractivity contribution >= 4 is 17.2 Å². The lowest BCUT2D eigenvalue weighted by Gasteiger charge is -2.24. The number of hydrogen-bond donors (Lipinski definition) is 1. The first-order valence-corrected chi connectivity index (χ1v) is 6.92. The molecule has 1 aromatic heterocycles. The van der Waals surface area contributed by atoms with Crippen molar-refractivity contribution < 1.29 is 9.53 Å². The summed E-state index contributed by atoms with van der Waals surface area (Å²) in [5.74, 6) is 1.72. The molecule has 1 aromatic carbocycles. The zero-order chi connectivity index (χ0) is 13.2. The zero-order valence-electron chi connectivity index (χ0n) is 11.2. The third-order valence-electron chi connectivity index (χ3n) is 4.25. The van der Waals surface area contributed by atoms with E-state index in [1.165, 1.54) is 11.1 Å². The lowest BCUT2D eigenvalue weighted by atomic mass is 9.81. The number of hydrogen-bond acceptors (Lipinski definition) is 2. The third kappa shape index (κ3) is 2.37. The second-order valence-corrected chi connectivity index (χ2v) is 5.43. The SMILES string of the molecule is COc1ccc2cc(C3CCC(C=O)CC3)[nH]c2c1. The number of benzene rings is 1. The molecule has 0 bridgehead atoms. The topological polar surface area (TPSA) is 42.1 Å².